The second-order valence-corrected chi connectivity index (χ2v) is 5.38. The molecule has 0 saturated carbocycles. The van der Waals surface area contributed by atoms with E-state index < -0.39 is 0 Å². The Balaban J connectivity index is 2.02. The lowest BCUT2D eigenvalue weighted by Crippen LogP contribution is -2.46. The second kappa shape index (κ2) is 5.80. The molecule has 5 nitrogen and oxygen atoms in total. The SMILES string of the molecule is CCC1CCN(Cc2nnc(C)n2C)C(CN)C1. The molecule has 0 spiro atoms. The molecule has 1 aliphatic rings. The minimum Gasteiger partial charge on any atom is -0.329 e. The van der Waals surface area contributed by atoms with Crippen LogP contribution in [0.25, 0.3) is 0 Å². The molecular formula is C13H25N5. The van der Waals surface area contributed by atoms with Crippen LogP contribution >= 0.6 is 0 Å². The van der Waals surface area contributed by atoms with Crippen molar-refractivity contribution in [2.45, 2.75) is 45.7 Å². The van der Waals surface area contributed by atoms with Crippen LogP contribution in [0.4, 0.5) is 0 Å². The first-order chi connectivity index (χ1) is 8.65. The first-order valence-electron chi connectivity index (χ1n) is 6.94. The highest BCUT2D eigenvalue weighted by Crippen LogP contribution is 2.25. The van der Waals surface area contributed by atoms with Gasteiger partial charge in [-0.25, -0.2) is 0 Å². The summed E-state index contributed by atoms with van der Waals surface area (Å²) in [6.07, 6.45) is 3.78. The van der Waals surface area contributed by atoms with Crippen LogP contribution in [-0.2, 0) is 13.6 Å². The molecule has 1 aromatic rings. The first kappa shape index (κ1) is 13.5. The summed E-state index contributed by atoms with van der Waals surface area (Å²) in [5, 5.41) is 8.37. The van der Waals surface area contributed by atoms with Crippen LogP contribution in [0.3, 0.4) is 0 Å². The molecule has 1 aliphatic heterocycles. The first-order valence-corrected chi connectivity index (χ1v) is 6.94. The lowest BCUT2D eigenvalue weighted by molar-refractivity contribution is 0.104. The Morgan fingerprint density at radius 3 is 2.72 bits per heavy atom. The summed E-state index contributed by atoms with van der Waals surface area (Å²) in [6, 6.07) is 0.501. The van der Waals surface area contributed by atoms with E-state index in [1.807, 2.05) is 14.0 Å². The van der Waals surface area contributed by atoms with Gasteiger partial charge in [-0.15, -0.1) is 10.2 Å². The van der Waals surface area contributed by atoms with Gasteiger partial charge in [0.25, 0.3) is 0 Å². The zero-order chi connectivity index (χ0) is 13.1. The summed E-state index contributed by atoms with van der Waals surface area (Å²) in [4.78, 5) is 2.47. The molecule has 2 N–H and O–H groups in total. The molecule has 18 heavy (non-hydrogen) atoms. The lowest BCUT2D eigenvalue weighted by atomic mass is 9.89. The van der Waals surface area contributed by atoms with Crippen molar-refractivity contribution in [1.82, 2.24) is 19.7 Å². The van der Waals surface area contributed by atoms with Gasteiger partial charge in [0, 0.05) is 19.6 Å². The average molecular weight is 251 g/mol. The Hall–Kier alpha value is -0.940. The van der Waals surface area contributed by atoms with Crippen molar-refractivity contribution in [3.63, 3.8) is 0 Å². The van der Waals surface area contributed by atoms with Crippen LogP contribution in [0, 0.1) is 12.8 Å². The molecule has 0 amide bonds. The Kier molecular flexibility index (Phi) is 4.35. The van der Waals surface area contributed by atoms with E-state index in [0.717, 1.165) is 37.2 Å². The summed E-state index contributed by atoms with van der Waals surface area (Å²) in [5.41, 5.74) is 5.92. The van der Waals surface area contributed by atoms with Gasteiger partial charge in [-0.2, -0.15) is 0 Å². The molecule has 1 aromatic heterocycles. The highest BCUT2D eigenvalue weighted by molar-refractivity contribution is 4.94. The maximum absolute atomic E-state index is 5.92. The molecule has 5 heteroatoms. The molecule has 0 aromatic carbocycles. The molecule has 0 aliphatic carbocycles. The third-order valence-electron chi connectivity index (χ3n) is 4.32. The van der Waals surface area contributed by atoms with E-state index in [4.69, 9.17) is 5.73 Å². The molecule has 2 atom stereocenters. The van der Waals surface area contributed by atoms with Crippen LogP contribution in [0.15, 0.2) is 0 Å². The minimum absolute atomic E-state index is 0.501. The smallest absolute Gasteiger partial charge is 0.146 e. The van der Waals surface area contributed by atoms with E-state index in [9.17, 15) is 0 Å². The summed E-state index contributed by atoms with van der Waals surface area (Å²) in [7, 11) is 2.03. The lowest BCUT2D eigenvalue weighted by Gasteiger charge is -2.38. The fourth-order valence-corrected chi connectivity index (χ4v) is 2.78. The number of aryl methyl sites for hydroxylation is 1. The summed E-state index contributed by atoms with van der Waals surface area (Å²) in [5.74, 6) is 2.86. The van der Waals surface area contributed by atoms with E-state index in [2.05, 4.69) is 26.6 Å². The zero-order valence-electron chi connectivity index (χ0n) is 11.8. The van der Waals surface area contributed by atoms with Gasteiger partial charge in [0.2, 0.25) is 0 Å². The Labute approximate surface area is 109 Å². The van der Waals surface area contributed by atoms with Gasteiger partial charge in [0.05, 0.1) is 6.54 Å². The number of hydrogen-bond acceptors (Lipinski definition) is 4. The van der Waals surface area contributed by atoms with Gasteiger partial charge in [-0.3, -0.25) is 4.90 Å². The number of hydrogen-bond donors (Lipinski definition) is 1. The van der Waals surface area contributed by atoms with Crippen LogP contribution in [-0.4, -0.2) is 38.8 Å². The number of piperidine rings is 1. The van der Waals surface area contributed by atoms with E-state index in [1.54, 1.807) is 0 Å². The van der Waals surface area contributed by atoms with Crippen molar-refractivity contribution in [2.24, 2.45) is 18.7 Å². The van der Waals surface area contributed by atoms with Crippen LogP contribution in [0.1, 0.15) is 37.8 Å². The third-order valence-corrected chi connectivity index (χ3v) is 4.32. The highest BCUT2D eigenvalue weighted by atomic mass is 15.3. The second-order valence-electron chi connectivity index (χ2n) is 5.38. The number of rotatable bonds is 4. The number of likely N-dealkylation sites (tertiary alicyclic amines) is 1. The number of nitrogens with zero attached hydrogens (tertiary/aromatic N) is 4. The maximum atomic E-state index is 5.92. The monoisotopic (exact) mass is 251 g/mol. The average Bonchev–Trinajstić information content (AvgIpc) is 2.71. The third kappa shape index (κ3) is 2.72. The van der Waals surface area contributed by atoms with Crippen molar-refractivity contribution in [1.29, 1.82) is 0 Å². The quantitative estimate of drug-likeness (QED) is 0.869. The Morgan fingerprint density at radius 2 is 2.17 bits per heavy atom. The van der Waals surface area contributed by atoms with E-state index >= 15 is 0 Å². The van der Waals surface area contributed by atoms with Gasteiger partial charge >= 0.3 is 0 Å². The Bertz CT molecular complexity index is 387. The van der Waals surface area contributed by atoms with Crippen molar-refractivity contribution in [2.75, 3.05) is 13.1 Å². The predicted octanol–water partition coefficient (Wildman–Crippen LogP) is 1.07. The normalized spacial score (nSPS) is 25.6. The molecule has 102 valence electrons. The molecule has 0 radical (unpaired) electrons. The van der Waals surface area contributed by atoms with Gasteiger partial charge in [-0.1, -0.05) is 13.3 Å². The van der Waals surface area contributed by atoms with Gasteiger partial charge in [-0.05, 0) is 32.2 Å². The van der Waals surface area contributed by atoms with Gasteiger partial charge < -0.3 is 10.3 Å². The van der Waals surface area contributed by atoms with Gasteiger partial charge in [0.15, 0.2) is 0 Å². The molecule has 1 fully saturated rings. The standard InChI is InChI=1S/C13H25N5/c1-4-11-5-6-18(12(7-11)8-14)9-13-16-15-10(2)17(13)3/h11-12H,4-9,14H2,1-3H3. The summed E-state index contributed by atoms with van der Waals surface area (Å²) in [6.45, 7) is 7.01. The number of nitrogens with two attached hydrogens (primary N) is 1. The van der Waals surface area contributed by atoms with Crippen LogP contribution in [0.5, 0.6) is 0 Å². The number of aromatic nitrogens is 3. The predicted molar refractivity (Wildman–Crippen MR) is 72.0 cm³/mol. The van der Waals surface area contributed by atoms with Crippen molar-refractivity contribution in [3.8, 4) is 0 Å². The highest BCUT2D eigenvalue weighted by Gasteiger charge is 2.27. The molecular weight excluding hydrogens is 226 g/mol. The summed E-state index contributed by atoms with van der Waals surface area (Å²) >= 11 is 0. The molecule has 1 saturated heterocycles. The topological polar surface area (TPSA) is 60.0 Å². The van der Waals surface area contributed by atoms with Gasteiger partial charge in [0.1, 0.15) is 11.6 Å². The molecule has 2 rings (SSSR count). The minimum atomic E-state index is 0.501. The van der Waals surface area contributed by atoms with Crippen molar-refractivity contribution >= 4 is 0 Å². The zero-order valence-corrected chi connectivity index (χ0v) is 11.8. The summed E-state index contributed by atoms with van der Waals surface area (Å²) < 4.78 is 2.07. The van der Waals surface area contributed by atoms with Crippen molar-refractivity contribution < 1.29 is 0 Å². The largest absolute Gasteiger partial charge is 0.329 e. The van der Waals surface area contributed by atoms with E-state index in [-0.39, 0.29) is 0 Å². The van der Waals surface area contributed by atoms with Crippen LogP contribution < -0.4 is 5.73 Å². The van der Waals surface area contributed by atoms with E-state index in [1.165, 1.54) is 19.3 Å². The molecule has 2 heterocycles. The molecule has 2 unspecified atom stereocenters. The van der Waals surface area contributed by atoms with Crippen LogP contribution in [0.2, 0.25) is 0 Å². The molecule has 0 bridgehead atoms. The van der Waals surface area contributed by atoms with E-state index in [0.29, 0.717) is 6.04 Å². The maximum Gasteiger partial charge on any atom is 0.146 e. The van der Waals surface area contributed by atoms with Crippen molar-refractivity contribution in [3.05, 3.63) is 11.6 Å². The fourth-order valence-electron chi connectivity index (χ4n) is 2.78. The Morgan fingerprint density at radius 1 is 1.39 bits per heavy atom. The fraction of sp³-hybridized carbons (Fsp3) is 0.846.